The summed E-state index contributed by atoms with van der Waals surface area (Å²) in [6.45, 7) is 9.44. The lowest BCUT2D eigenvalue weighted by atomic mass is 10.2. The van der Waals surface area contributed by atoms with Crippen LogP contribution in [0.25, 0.3) is 9.88 Å². The Labute approximate surface area is 116 Å². The van der Waals surface area contributed by atoms with Gasteiger partial charge in [0.2, 0.25) is 5.13 Å². The Morgan fingerprint density at radius 1 is 1.22 bits per heavy atom. The Kier molecular flexibility index (Phi) is 4.29. The largest absolute Gasteiger partial charge is 0.360 e. The Balaban J connectivity index is 2.22. The van der Waals surface area contributed by atoms with Crippen LogP contribution < -0.4 is 5.32 Å². The van der Waals surface area contributed by atoms with Crippen LogP contribution in [0.1, 0.15) is 43.8 Å². The first-order chi connectivity index (χ1) is 8.61. The van der Waals surface area contributed by atoms with Gasteiger partial charge in [-0.25, -0.2) is 4.98 Å². The van der Waals surface area contributed by atoms with Crippen LogP contribution in [0.3, 0.4) is 0 Å². The molecule has 0 saturated heterocycles. The van der Waals surface area contributed by atoms with Crippen molar-refractivity contribution in [2.75, 3.05) is 11.9 Å². The molecule has 6 heteroatoms. The normalized spacial score (nSPS) is 11.2. The van der Waals surface area contributed by atoms with Crippen molar-refractivity contribution in [3.8, 4) is 9.88 Å². The van der Waals surface area contributed by atoms with Crippen LogP contribution in [0, 0.1) is 6.92 Å². The quantitative estimate of drug-likeness (QED) is 0.903. The van der Waals surface area contributed by atoms with E-state index >= 15 is 0 Å². The predicted molar refractivity (Wildman–Crippen MR) is 78.6 cm³/mol. The van der Waals surface area contributed by atoms with Crippen molar-refractivity contribution in [3.05, 3.63) is 10.7 Å². The zero-order valence-corrected chi connectivity index (χ0v) is 12.8. The molecular formula is C12H18N4S2. The molecule has 0 radical (unpaired) electrons. The van der Waals surface area contributed by atoms with Crippen molar-refractivity contribution in [1.82, 2.24) is 15.2 Å². The minimum atomic E-state index is 0.466. The topological polar surface area (TPSA) is 50.7 Å². The molecule has 0 amide bonds. The van der Waals surface area contributed by atoms with Crippen LogP contribution in [0.15, 0.2) is 0 Å². The summed E-state index contributed by atoms with van der Waals surface area (Å²) in [4.78, 5) is 5.75. The molecule has 1 N–H and O–H groups in total. The van der Waals surface area contributed by atoms with E-state index < -0.39 is 0 Å². The van der Waals surface area contributed by atoms with Crippen LogP contribution in [0.2, 0.25) is 0 Å². The fourth-order valence-electron chi connectivity index (χ4n) is 1.48. The third-order valence-electron chi connectivity index (χ3n) is 2.45. The molecule has 4 nitrogen and oxygen atoms in total. The summed E-state index contributed by atoms with van der Waals surface area (Å²) in [5.41, 5.74) is 1.06. The number of hydrogen-bond donors (Lipinski definition) is 1. The molecule has 98 valence electrons. The van der Waals surface area contributed by atoms with E-state index in [1.807, 2.05) is 6.92 Å². The summed E-state index contributed by atoms with van der Waals surface area (Å²) in [7, 11) is 0. The predicted octanol–water partition coefficient (Wildman–Crippen LogP) is 3.92. The van der Waals surface area contributed by atoms with Gasteiger partial charge in [-0.3, -0.25) is 0 Å². The minimum Gasteiger partial charge on any atom is -0.360 e. The van der Waals surface area contributed by atoms with Gasteiger partial charge in [-0.2, -0.15) is 0 Å². The number of rotatable bonds is 5. The van der Waals surface area contributed by atoms with Crippen molar-refractivity contribution in [2.24, 2.45) is 0 Å². The molecule has 0 aliphatic carbocycles. The Bertz CT molecular complexity index is 516. The summed E-state index contributed by atoms with van der Waals surface area (Å²) < 4.78 is 0. The van der Waals surface area contributed by atoms with E-state index in [9.17, 15) is 0 Å². The number of nitrogens with one attached hydrogen (secondary N) is 1. The average molecular weight is 282 g/mol. The molecule has 0 saturated carbocycles. The van der Waals surface area contributed by atoms with Crippen molar-refractivity contribution < 1.29 is 0 Å². The molecule has 18 heavy (non-hydrogen) atoms. The molecule has 0 aliphatic rings. The van der Waals surface area contributed by atoms with Crippen LogP contribution in [-0.4, -0.2) is 21.7 Å². The van der Waals surface area contributed by atoms with Crippen LogP contribution in [-0.2, 0) is 0 Å². The number of hydrogen-bond acceptors (Lipinski definition) is 6. The van der Waals surface area contributed by atoms with Gasteiger partial charge in [0.05, 0.1) is 15.6 Å². The molecule has 0 atom stereocenters. The summed E-state index contributed by atoms with van der Waals surface area (Å²) >= 11 is 3.33. The van der Waals surface area contributed by atoms with Gasteiger partial charge < -0.3 is 5.32 Å². The monoisotopic (exact) mass is 282 g/mol. The molecular weight excluding hydrogens is 264 g/mol. The Hall–Kier alpha value is -1.01. The third-order valence-corrected chi connectivity index (χ3v) is 4.94. The molecule has 0 aromatic carbocycles. The van der Waals surface area contributed by atoms with Gasteiger partial charge in [0.15, 0.2) is 5.01 Å². The van der Waals surface area contributed by atoms with E-state index in [0.29, 0.717) is 5.92 Å². The van der Waals surface area contributed by atoms with Crippen LogP contribution in [0.5, 0.6) is 0 Å². The molecule has 2 aromatic rings. The smallest absolute Gasteiger partial charge is 0.206 e. The third kappa shape index (κ3) is 2.87. The van der Waals surface area contributed by atoms with Crippen molar-refractivity contribution in [3.63, 3.8) is 0 Å². The van der Waals surface area contributed by atoms with Gasteiger partial charge in [0.1, 0.15) is 0 Å². The van der Waals surface area contributed by atoms with Crippen LogP contribution >= 0.6 is 22.7 Å². The molecule has 0 fully saturated rings. The fraction of sp³-hybridized carbons (Fsp3) is 0.583. The molecule has 2 heterocycles. The number of anilines is 1. The first-order valence-corrected chi connectivity index (χ1v) is 7.80. The summed E-state index contributed by atoms with van der Waals surface area (Å²) in [5.74, 6) is 0.466. The van der Waals surface area contributed by atoms with E-state index in [1.54, 1.807) is 22.7 Å². The second kappa shape index (κ2) is 5.75. The molecule has 0 aliphatic heterocycles. The lowest BCUT2D eigenvalue weighted by Gasteiger charge is -1.95. The maximum Gasteiger partial charge on any atom is 0.206 e. The summed E-state index contributed by atoms with van der Waals surface area (Å²) in [5, 5.41) is 14.7. The maximum absolute atomic E-state index is 4.59. The molecule has 0 unspecified atom stereocenters. The van der Waals surface area contributed by atoms with E-state index in [1.165, 1.54) is 5.01 Å². The SMILES string of the molecule is CCCNc1nnc(-c2sc(C(C)C)nc2C)s1. The number of thiazole rings is 1. The highest BCUT2D eigenvalue weighted by Gasteiger charge is 2.15. The number of nitrogens with zero attached hydrogens (tertiary/aromatic N) is 3. The zero-order valence-electron chi connectivity index (χ0n) is 11.1. The van der Waals surface area contributed by atoms with Crippen molar-refractivity contribution >= 4 is 27.8 Å². The second-order valence-electron chi connectivity index (χ2n) is 4.46. The van der Waals surface area contributed by atoms with Gasteiger partial charge in [-0.1, -0.05) is 32.1 Å². The lowest BCUT2D eigenvalue weighted by molar-refractivity contribution is 0.847. The molecule has 0 spiro atoms. The standard InChI is InChI=1S/C12H18N4S2/c1-5-6-13-12-16-15-11(18-12)9-8(4)14-10(17-9)7(2)3/h7H,5-6H2,1-4H3,(H,13,16). The van der Waals surface area contributed by atoms with E-state index in [-0.39, 0.29) is 0 Å². The average Bonchev–Trinajstić information content (AvgIpc) is 2.92. The Morgan fingerprint density at radius 3 is 2.61 bits per heavy atom. The van der Waals surface area contributed by atoms with Gasteiger partial charge in [-0.05, 0) is 13.3 Å². The van der Waals surface area contributed by atoms with E-state index in [2.05, 4.69) is 41.3 Å². The molecule has 0 bridgehead atoms. The van der Waals surface area contributed by atoms with Crippen LogP contribution in [0.4, 0.5) is 5.13 Å². The fourth-order valence-corrected chi connectivity index (χ4v) is 3.44. The zero-order chi connectivity index (χ0) is 13.1. The van der Waals surface area contributed by atoms with Gasteiger partial charge in [0.25, 0.3) is 0 Å². The minimum absolute atomic E-state index is 0.466. The van der Waals surface area contributed by atoms with E-state index in [0.717, 1.165) is 33.7 Å². The number of aryl methyl sites for hydroxylation is 1. The summed E-state index contributed by atoms with van der Waals surface area (Å²) in [6.07, 6.45) is 1.09. The maximum atomic E-state index is 4.59. The van der Waals surface area contributed by atoms with Gasteiger partial charge in [-0.15, -0.1) is 21.5 Å². The van der Waals surface area contributed by atoms with Gasteiger partial charge in [0, 0.05) is 12.5 Å². The van der Waals surface area contributed by atoms with Gasteiger partial charge >= 0.3 is 0 Å². The summed E-state index contributed by atoms with van der Waals surface area (Å²) in [6, 6.07) is 0. The van der Waals surface area contributed by atoms with E-state index in [4.69, 9.17) is 0 Å². The second-order valence-corrected chi connectivity index (χ2v) is 6.47. The van der Waals surface area contributed by atoms with Crippen molar-refractivity contribution in [1.29, 1.82) is 0 Å². The van der Waals surface area contributed by atoms with Crippen molar-refractivity contribution in [2.45, 2.75) is 40.0 Å². The highest BCUT2D eigenvalue weighted by Crippen LogP contribution is 2.35. The lowest BCUT2D eigenvalue weighted by Crippen LogP contribution is -1.98. The highest BCUT2D eigenvalue weighted by molar-refractivity contribution is 7.23. The Morgan fingerprint density at radius 2 is 2.00 bits per heavy atom. The molecule has 2 aromatic heterocycles. The first-order valence-electron chi connectivity index (χ1n) is 6.16. The molecule has 2 rings (SSSR count). The number of aromatic nitrogens is 3. The first kappa shape index (κ1) is 13.4. The highest BCUT2D eigenvalue weighted by atomic mass is 32.1.